The van der Waals surface area contributed by atoms with Crippen LogP contribution in [0.4, 0.5) is 0 Å². The van der Waals surface area contributed by atoms with E-state index in [2.05, 4.69) is 41.8 Å². The Kier molecular flexibility index (Phi) is 7.24. The zero-order chi connectivity index (χ0) is 18.5. The summed E-state index contributed by atoms with van der Waals surface area (Å²) in [6.45, 7) is 0. The summed E-state index contributed by atoms with van der Waals surface area (Å²) in [6.07, 6.45) is 0. The van der Waals surface area contributed by atoms with Crippen molar-refractivity contribution in [1.29, 1.82) is 0 Å². The molecule has 0 aliphatic carbocycles. The second-order valence-corrected chi connectivity index (χ2v) is 7.56. The first kappa shape index (κ1) is 20.6. The first-order chi connectivity index (χ1) is 13.3. The Morgan fingerprint density at radius 3 is 2.32 bits per heavy atom. The van der Waals surface area contributed by atoms with Gasteiger partial charge in [0.1, 0.15) is 0 Å². The number of pyridine rings is 1. The Hall–Kier alpha value is -2.16. The first-order valence-corrected chi connectivity index (χ1v) is 10.1. The first-order valence-electron chi connectivity index (χ1n) is 8.80. The summed E-state index contributed by atoms with van der Waals surface area (Å²) < 4.78 is 0. The monoisotopic (exact) mass is 443 g/mol. The molecule has 0 amide bonds. The molecular weight excluding hydrogens is 426 g/mol. The number of benzene rings is 1. The number of rotatable bonds is 3. The van der Waals surface area contributed by atoms with Gasteiger partial charge in [0.25, 0.3) is 0 Å². The van der Waals surface area contributed by atoms with Crippen LogP contribution in [0.25, 0.3) is 10.9 Å². The predicted molar refractivity (Wildman–Crippen MR) is 116 cm³/mol. The SMILES string of the molecule is Clc1cc(C(c2cccs2)[c-]2cccc2)nc2ccccc12.[Fe+2].c1cc[cH-]c1. The van der Waals surface area contributed by atoms with Gasteiger partial charge in [-0.1, -0.05) is 35.9 Å². The van der Waals surface area contributed by atoms with Gasteiger partial charge < -0.3 is 0 Å². The quantitative estimate of drug-likeness (QED) is 0.211. The average Bonchev–Trinajstić information content (AvgIpc) is 3.47. The number of para-hydroxylation sites is 1. The van der Waals surface area contributed by atoms with E-state index in [4.69, 9.17) is 16.6 Å². The van der Waals surface area contributed by atoms with Crippen LogP contribution in [0.1, 0.15) is 22.1 Å². The van der Waals surface area contributed by atoms with E-state index in [0.717, 1.165) is 21.6 Å². The van der Waals surface area contributed by atoms with Crippen molar-refractivity contribution < 1.29 is 17.1 Å². The smallest absolute Gasteiger partial charge is 0.253 e. The minimum atomic E-state index is 0. The molecule has 2 heterocycles. The van der Waals surface area contributed by atoms with Gasteiger partial charge in [-0.3, -0.25) is 4.98 Å². The average molecular weight is 444 g/mol. The van der Waals surface area contributed by atoms with E-state index in [-0.39, 0.29) is 23.0 Å². The molecule has 0 aliphatic heterocycles. The predicted octanol–water partition coefficient (Wildman–Crippen LogP) is 7.25. The maximum absolute atomic E-state index is 6.49. The summed E-state index contributed by atoms with van der Waals surface area (Å²) in [4.78, 5) is 6.15. The Labute approximate surface area is 184 Å². The Bertz CT molecular complexity index is 1030. The van der Waals surface area contributed by atoms with Gasteiger partial charge >= 0.3 is 17.1 Å². The summed E-state index contributed by atoms with van der Waals surface area (Å²) in [7, 11) is 0. The molecule has 2 aromatic heterocycles. The second-order valence-electron chi connectivity index (χ2n) is 6.18. The Morgan fingerprint density at radius 2 is 1.68 bits per heavy atom. The molecule has 0 spiro atoms. The fourth-order valence-corrected chi connectivity index (χ4v) is 4.27. The van der Waals surface area contributed by atoms with Crippen LogP contribution in [0.15, 0.2) is 102 Å². The van der Waals surface area contributed by atoms with Crippen molar-refractivity contribution in [2.24, 2.45) is 0 Å². The molecule has 0 saturated heterocycles. The van der Waals surface area contributed by atoms with Gasteiger partial charge in [-0.2, -0.15) is 30.3 Å². The molecule has 1 atom stereocenters. The van der Waals surface area contributed by atoms with Gasteiger partial charge in [0, 0.05) is 21.9 Å². The largest absolute Gasteiger partial charge is 2.00 e. The van der Waals surface area contributed by atoms with Gasteiger partial charge in [0.2, 0.25) is 0 Å². The maximum Gasteiger partial charge on any atom is 2.00 e. The maximum atomic E-state index is 6.49. The van der Waals surface area contributed by atoms with Crippen molar-refractivity contribution in [3.05, 3.63) is 124 Å². The normalized spacial score (nSPS) is 11.3. The van der Waals surface area contributed by atoms with E-state index < -0.39 is 0 Å². The summed E-state index contributed by atoms with van der Waals surface area (Å²) in [6, 6.07) is 32.7. The van der Waals surface area contributed by atoms with Gasteiger partial charge in [-0.15, -0.1) is 16.9 Å². The van der Waals surface area contributed by atoms with Crippen molar-refractivity contribution >= 4 is 33.8 Å². The van der Waals surface area contributed by atoms with Crippen LogP contribution in [-0.4, -0.2) is 4.98 Å². The van der Waals surface area contributed by atoms with Crippen LogP contribution in [0.5, 0.6) is 0 Å². The van der Waals surface area contributed by atoms with E-state index >= 15 is 0 Å². The molecule has 4 heteroatoms. The molecule has 5 aromatic rings. The van der Waals surface area contributed by atoms with E-state index in [0.29, 0.717) is 0 Å². The number of hydrogen-bond donors (Lipinski definition) is 0. The molecule has 1 nitrogen and oxygen atoms in total. The molecule has 28 heavy (non-hydrogen) atoms. The number of thiophene rings is 1. The number of fused-ring (bicyclic) bond motifs is 1. The van der Waals surface area contributed by atoms with Crippen LogP contribution in [0.2, 0.25) is 5.02 Å². The molecular formula is C24H18ClFeNS. The molecule has 0 saturated carbocycles. The number of nitrogens with zero attached hydrogens (tertiary/aromatic N) is 1. The summed E-state index contributed by atoms with van der Waals surface area (Å²) in [5.41, 5.74) is 3.19. The number of hydrogen-bond acceptors (Lipinski definition) is 2. The molecule has 0 radical (unpaired) electrons. The van der Waals surface area contributed by atoms with E-state index in [9.17, 15) is 0 Å². The molecule has 140 valence electrons. The third-order valence-corrected chi connectivity index (χ3v) is 5.64. The fourth-order valence-electron chi connectivity index (χ4n) is 3.14. The molecule has 0 N–H and O–H groups in total. The van der Waals surface area contributed by atoms with E-state index in [1.807, 2.05) is 60.7 Å². The summed E-state index contributed by atoms with van der Waals surface area (Å²) in [5, 5.41) is 3.86. The van der Waals surface area contributed by atoms with Crippen LogP contribution in [0, 0.1) is 0 Å². The minimum Gasteiger partial charge on any atom is -0.253 e. The topological polar surface area (TPSA) is 12.9 Å². The third kappa shape index (κ3) is 4.63. The van der Waals surface area contributed by atoms with Crippen molar-refractivity contribution in [3.63, 3.8) is 0 Å². The molecule has 5 rings (SSSR count). The second kappa shape index (κ2) is 9.86. The van der Waals surface area contributed by atoms with Crippen molar-refractivity contribution in [1.82, 2.24) is 4.98 Å². The number of aromatic nitrogens is 1. The fraction of sp³-hybridized carbons (Fsp3) is 0.0417. The van der Waals surface area contributed by atoms with Crippen LogP contribution < -0.4 is 0 Å². The Morgan fingerprint density at radius 1 is 0.929 bits per heavy atom. The minimum absolute atomic E-state index is 0. The molecule has 0 fully saturated rings. The zero-order valence-corrected chi connectivity index (χ0v) is 17.7. The molecule has 0 bridgehead atoms. The van der Waals surface area contributed by atoms with Crippen molar-refractivity contribution in [2.75, 3.05) is 0 Å². The van der Waals surface area contributed by atoms with Crippen LogP contribution >= 0.6 is 22.9 Å². The zero-order valence-electron chi connectivity index (χ0n) is 15.0. The molecule has 3 aromatic carbocycles. The van der Waals surface area contributed by atoms with Crippen LogP contribution in [-0.2, 0) is 17.1 Å². The van der Waals surface area contributed by atoms with Gasteiger partial charge in [0.15, 0.2) is 0 Å². The molecule has 1 unspecified atom stereocenters. The van der Waals surface area contributed by atoms with Gasteiger partial charge in [-0.05, 0) is 23.6 Å². The summed E-state index contributed by atoms with van der Waals surface area (Å²) in [5.74, 6) is 0.136. The summed E-state index contributed by atoms with van der Waals surface area (Å²) >= 11 is 8.24. The molecule has 0 aliphatic rings. The van der Waals surface area contributed by atoms with Gasteiger partial charge in [-0.25, -0.2) is 24.3 Å². The van der Waals surface area contributed by atoms with Crippen molar-refractivity contribution in [2.45, 2.75) is 5.92 Å². The Balaban J connectivity index is 0.000000329. The number of halogens is 1. The van der Waals surface area contributed by atoms with Gasteiger partial charge in [0.05, 0.1) is 10.5 Å². The standard InChI is InChI=1S/C19H13ClNS.C5H5.Fe/c20-15-12-17(21-16-9-4-3-8-14(15)16)19(13-6-1-2-7-13)18-10-5-11-22-18;1-2-4-5-3-1;/h1-12,19H;1-5H;/q2*-1;+2. The van der Waals surface area contributed by atoms with E-state index in [1.54, 1.807) is 11.3 Å². The van der Waals surface area contributed by atoms with Crippen molar-refractivity contribution in [3.8, 4) is 0 Å². The third-order valence-electron chi connectivity index (χ3n) is 4.39. The van der Waals surface area contributed by atoms with Crippen LogP contribution in [0.3, 0.4) is 0 Å². The van der Waals surface area contributed by atoms with E-state index in [1.165, 1.54) is 10.4 Å².